The summed E-state index contributed by atoms with van der Waals surface area (Å²) >= 11 is 3.69. The highest BCUT2D eigenvalue weighted by molar-refractivity contribution is 7.99. The van der Waals surface area contributed by atoms with Crippen LogP contribution in [0.25, 0.3) is 0 Å². The first-order chi connectivity index (χ1) is 7.77. The maximum atomic E-state index is 10.2. The molecule has 1 aromatic rings. The predicted octanol–water partition coefficient (Wildman–Crippen LogP) is 2.09. The Morgan fingerprint density at radius 3 is 3.19 bits per heavy atom. The Labute approximate surface area is 106 Å². The molecule has 0 spiro atoms. The molecule has 4 heteroatoms. The zero-order valence-corrected chi connectivity index (χ0v) is 11.3. The van der Waals surface area contributed by atoms with E-state index in [-0.39, 0.29) is 6.10 Å². The van der Waals surface area contributed by atoms with E-state index in [0.717, 1.165) is 25.1 Å². The molecule has 0 radical (unpaired) electrons. The lowest BCUT2D eigenvalue weighted by molar-refractivity contribution is 0.0697. The van der Waals surface area contributed by atoms with Crippen LogP contribution in [-0.4, -0.2) is 47.3 Å². The minimum absolute atomic E-state index is 0.183. The number of nitrogens with zero attached hydrogens (tertiary/aromatic N) is 1. The Bertz CT molecular complexity index is 302. The fourth-order valence-electron chi connectivity index (χ4n) is 2.05. The van der Waals surface area contributed by atoms with Crippen LogP contribution in [0.3, 0.4) is 0 Å². The van der Waals surface area contributed by atoms with Crippen LogP contribution in [0.15, 0.2) is 16.8 Å². The average Bonchev–Trinajstić information content (AvgIpc) is 2.79. The van der Waals surface area contributed by atoms with E-state index in [9.17, 15) is 5.11 Å². The zero-order chi connectivity index (χ0) is 11.4. The van der Waals surface area contributed by atoms with Crippen molar-refractivity contribution in [3.05, 3.63) is 22.4 Å². The number of rotatable bonds is 4. The van der Waals surface area contributed by atoms with E-state index in [0.29, 0.717) is 6.04 Å². The second-order valence-corrected chi connectivity index (χ2v) is 6.29. The third kappa shape index (κ3) is 3.23. The number of thiophene rings is 1. The van der Waals surface area contributed by atoms with Gasteiger partial charge in [0.05, 0.1) is 6.10 Å². The Balaban J connectivity index is 1.80. The van der Waals surface area contributed by atoms with E-state index < -0.39 is 0 Å². The monoisotopic (exact) mass is 257 g/mol. The summed E-state index contributed by atoms with van der Waals surface area (Å²) in [5.74, 6) is 2.27. The molecule has 0 bridgehead atoms. The maximum absolute atomic E-state index is 10.2. The third-order valence-electron chi connectivity index (χ3n) is 3.20. The van der Waals surface area contributed by atoms with E-state index in [4.69, 9.17) is 0 Å². The molecule has 90 valence electrons. The van der Waals surface area contributed by atoms with Crippen molar-refractivity contribution in [3.8, 4) is 0 Å². The van der Waals surface area contributed by atoms with Gasteiger partial charge in [-0.25, -0.2) is 0 Å². The highest BCUT2D eigenvalue weighted by Gasteiger charge is 2.26. The van der Waals surface area contributed by atoms with Crippen LogP contribution in [0.5, 0.6) is 0 Å². The van der Waals surface area contributed by atoms with Gasteiger partial charge in [0.15, 0.2) is 0 Å². The fraction of sp³-hybridized carbons (Fsp3) is 0.667. The Hall–Kier alpha value is -0.0300. The Kier molecular flexibility index (Phi) is 4.70. The van der Waals surface area contributed by atoms with Crippen LogP contribution in [0, 0.1) is 0 Å². The summed E-state index contributed by atoms with van der Waals surface area (Å²) in [6, 6.07) is 2.49. The minimum atomic E-state index is -0.183. The van der Waals surface area contributed by atoms with Gasteiger partial charge >= 0.3 is 0 Å². The first-order valence-electron chi connectivity index (χ1n) is 5.74. The van der Waals surface area contributed by atoms with Crippen LogP contribution in [0.1, 0.15) is 12.0 Å². The highest BCUT2D eigenvalue weighted by atomic mass is 32.2. The summed E-state index contributed by atoms with van der Waals surface area (Å²) in [4.78, 5) is 2.30. The lowest BCUT2D eigenvalue weighted by Gasteiger charge is -2.35. The van der Waals surface area contributed by atoms with Crippen molar-refractivity contribution in [2.75, 3.05) is 25.1 Å². The van der Waals surface area contributed by atoms with Gasteiger partial charge in [-0.05, 0) is 42.3 Å². The van der Waals surface area contributed by atoms with Crippen molar-refractivity contribution >= 4 is 23.1 Å². The second-order valence-electron chi connectivity index (χ2n) is 4.36. The molecule has 2 nitrogen and oxygen atoms in total. The molecule has 16 heavy (non-hydrogen) atoms. The van der Waals surface area contributed by atoms with Crippen molar-refractivity contribution in [1.29, 1.82) is 0 Å². The summed E-state index contributed by atoms with van der Waals surface area (Å²) in [7, 11) is 2.12. The summed E-state index contributed by atoms with van der Waals surface area (Å²) in [5.41, 5.74) is 1.36. The molecule has 1 aromatic heterocycles. The molecule has 2 unspecified atom stereocenters. The van der Waals surface area contributed by atoms with Crippen molar-refractivity contribution < 1.29 is 5.11 Å². The molecule has 0 saturated carbocycles. The van der Waals surface area contributed by atoms with Crippen LogP contribution >= 0.6 is 23.1 Å². The van der Waals surface area contributed by atoms with Crippen molar-refractivity contribution in [1.82, 2.24) is 4.90 Å². The van der Waals surface area contributed by atoms with E-state index in [1.165, 1.54) is 11.3 Å². The fourth-order valence-corrected chi connectivity index (χ4v) is 4.06. The molecule has 1 N–H and O–H groups in total. The zero-order valence-electron chi connectivity index (χ0n) is 9.63. The average molecular weight is 257 g/mol. The van der Waals surface area contributed by atoms with Gasteiger partial charge in [0.1, 0.15) is 0 Å². The topological polar surface area (TPSA) is 23.5 Å². The van der Waals surface area contributed by atoms with Gasteiger partial charge in [-0.15, -0.1) is 0 Å². The second kappa shape index (κ2) is 6.05. The molecule has 1 aliphatic heterocycles. The molecule has 2 rings (SSSR count). The maximum Gasteiger partial charge on any atom is 0.0706 e. The van der Waals surface area contributed by atoms with Gasteiger partial charge in [-0.2, -0.15) is 23.1 Å². The van der Waals surface area contributed by atoms with E-state index in [1.54, 1.807) is 11.3 Å². The number of aliphatic hydroxyl groups excluding tert-OH is 1. The third-order valence-corrected chi connectivity index (χ3v) is 4.98. The molecule has 2 atom stereocenters. The van der Waals surface area contributed by atoms with Gasteiger partial charge < -0.3 is 5.11 Å². The van der Waals surface area contributed by atoms with Crippen molar-refractivity contribution in [2.45, 2.75) is 25.0 Å². The molecule has 1 fully saturated rings. The quantitative estimate of drug-likeness (QED) is 0.893. The van der Waals surface area contributed by atoms with Crippen LogP contribution in [0.4, 0.5) is 0 Å². The molecule has 1 aliphatic rings. The molecule has 0 amide bonds. The van der Waals surface area contributed by atoms with Gasteiger partial charge in [0.2, 0.25) is 0 Å². The first-order valence-corrected chi connectivity index (χ1v) is 7.84. The summed E-state index contributed by atoms with van der Waals surface area (Å²) in [6.07, 6.45) is 1.70. The van der Waals surface area contributed by atoms with Crippen molar-refractivity contribution in [3.63, 3.8) is 0 Å². The number of thioether (sulfide) groups is 1. The van der Waals surface area contributed by atoms with Gasteiger partial charge in [0, 0.05) is 24.1 Å². The van der Waals surface area contributed by atoms with E-state index in [2.05, 4.69) is 28.8 Å². The van der Waals surface area contributed by atoms with Crippen molar-refractivity contribution in [2.24, 2.45) is 0 Å². The van der Waals surface area contributed by atoms with Gasteiger partial charge in [0.25, 0.3) is 0 Å². The summed E-state index contributed by atoms with van der Waals surface area (Å²) in [6.45, 7) is 1.10. The molecule has 1 saturated heterocycles. The van der Waals surface area contributed by atoms with E-state index in [1.807, 2.05) is 11.8 Å². The first kappa shape index (κ1) is 12.4. The predicted molar refractivity (Wildman–Crippen MR) is 72.4 cm³/mol. The molecular weight excluding hydrogens is 238 g/mol. The lowest BCUT2D eigenvalue weighted by atomic mass is 10.0. The molecule has 2 heterocycles. The SMILES string of the molecule is CN1CCSCC1C(O)CCc1ccsc1. The largest absolute Gasteiger partial charge is 0.391 e. The standard InChI is InChI=1S/C12H19NOS2/c1-13-5-7-16-9-11(13)12(14)3-2-10-4-6-15-8-10/h4,6,8,11-12,14H,2-3,5,7,9H2,1H3. The number of aliphatic hydroxyl groups is 1. The molecular formula is C12H19NOS2. The number of hydrogen-bond donors (Lipinski definition) is 1. The number of hydrogen-bond acceptors (Lipinski definition) is 4. The van der Waals surface area contributed by atoms with Gasteiger partial charge in [-0.3, -0.25) is 4.90 Å². The number of aryl methyl sites for hydroxylation is 1. The Morgan fingerprint density at radius 1 is 1.62 bits per heavy atom. The summed E-state index contributed by atoms with van der Waals surface area (Å²) < 4.78 is 0. The molecule has 0 aromatic carbocycles. The van der Waals surface area contributed by atoms with Crippen LogP contribution in [0.2, 0.25) is 0 Å². The summed E-state index contributed by atoms with van der Waals surface area (Å²) in [5, 5.41) is 14.5. The Morgan fingerprint density at radius 2 is 2.50 bits per heavy atom. The lowest BCUT2D eigenvalue weighted by Crippen LogP contribution is -2.47. The normalized spacial score (nSPS) is 24.5. The smallest absolute Gasteiger partial charge is 0.0706 e. The highest BCUT2D eigenvalue weighted by Crippen LogP contribution is 2.20. The van der Waals surface area contributed by atoms with Gasteiger partial charge in [-0.1, -0.05) is 0 Å². The van der Waals surface area contributed by atoms with Crippen LogP contribution in [-0.2, 0) is 6.42 Å². The van der Waals surface area contributed by atoms with E-state index >= 15 is 0 Å². The minimum Gasteiger partial charge on any atom is -0.391 e. The van der Waals surface area contributed by atoms with Crippen LogP contribution < -0.4 is 0 Å². The molecule has 0 aliphatic carbocycles. The number of likely N-dealkylation sites (N-methyl/N-ethyl adjacent to an activating group) is 1.